The van der Waals surface area contributed by atoms with Crippen molar-refractivity contribution >= 4 is 52.0 Å². The SMILES string of the molecule is O=[N+]([O-])c1cc(CCO)sc1Sc1ccc(Cl)cc1Cl. The van der Waals surface area contributed by atoms with Gasteiger partial charge < -0.3 is 5.11 Å². The second-order valence-corrected chi connectivity index (χ2v) is 7.08. The summed E-state index contributed by atoms with van der Waals surface area (Å²) in [4.78, 5) is 12.1. The Morgan fingerprint density at radius 3 is 2.70 bits per heavy atom. The maximum atomic E-state index is 11.1. The summed E-state index contributed by atoms with van der Waals surface area (Å²) in [5.74, 6) is 0. The highest BCUT2D eigenvalue weighted by Crippen LogP contribution is 2.43. The van der Waals surface area contributed by atoms with Crippen molar-refractivity contribution in [3.8, 4) is 0 Å². The third kappa shape index (κ3) is 3.65. The minimum Gasteiger partial charge on any atom is -0.396 e. The number of nitrogens with zero attached hydrogens (tertiary/aromatic N) is 1. The number of halogens is 2. The van der Waals surface area contributed by atoms with E-state index in [0.29, 0.717) is 25.6 Å². The lowest BCUT2D eigenvalue weighted by Crippen LogP contribution is -1.87. The van der Waals surface area contributed by atoms with E-state index in [9.17, 15) is 10.1 Å². The number of thiophene rings is 1. The second kappa shape index (κ2) is 6.78. The Morgan fingerprint density at radius 2 is 2.10 bits per heavy atom. The van der Waals surface area contributed by atoms with Crippen molar-refractivity contribution in [2.75, 3.05) is 6.61 Å². The first-order chi connectivity index (χ1) is 9.51. The standard InChI is InChI=1S/C12H9Cl2NO3S2/c13-7-1-2-11(9(14)5-7)20-12-10(15(17)18)6-8(19-12)3-4-16/h1-2,5-6,16H,3-4H2. The first-order valence-electron chi connectivity index (χ1n) is 5.52. The summed E-state index contributed by atoms with van der Waals surface area (Å²) in [6.45, 7) is -0.0382. The van der Waals surface area contributed by atoms with E-state index in [-0.39, 0.29) is 12.3 Å². The monoisotopic (exact) mass is 349 g/mol. The maximum absolute atomic E-state index is 11.1. The fourth-order valence-corrected chi connectivity index (χ4v) is 4.36. The lowest BCUT2D eigenvalue weighted by atomic mass is 10.3. The van der Waals surface area contributed by atoms with Crippen LogP contribution in [0.15, 0.2) is 33.4 Å². The number of hydrogen-bond acceptors (Lipinski definition) is 5. The van der Waals surface area contributed by atoms with E-state index in [2.05, 4.69) is 0 Å². The Kier molecular flexibility index (Phi) is 5.29. The Morgan fingerprint density at radius 1 is 1.35 bits per heavy atom. The predicted octanol–water partition coefficient (Wildman–Crippen LogP) is 4.65. The number of aliphatic hydroxyl groups is 1. The molecule has 8 heteroatoms. The molecule has 1 heterocycles. The molecule has 0 aliphatic carbocycles. The van der Waals surface area contributed by atoms with Crippen molar-refractivity contribution in [1.82, 2.24) is 0 Å². The van der Waals surface area contributed by atoms with Crippen LogP contribution in [0.25, 0.3) is 0 Å². The minimum absolute atomic E-state index is 0.0365. The molecule has 1 aromatic heterocycles. The van der Waals surface area contributed by atoms with Crippen molar-refractivity contribution in [3.05, 3.63) is 49.3 Å². The van der Waals surface area contributed by atoms with Gasteiger partial charge >= 0.3 is 0 Å². The molecule has 0 saturated heterocycles. The van der Waals surface area contributed by atoms with Crippen molar-refractivity contribution in [1.29, 1.82) is 0 Å². The van der Waals surface area contributed by atoms with Gasteiger partial charge in [-0.05, 0) is 18.2 Å². The molecule has 0 fully saturated rings. The average Bonchev–Trinajstić information content (AvgIpc) is 2.76. The topological polar surface area (TPSA) is 63.4 Å². The molecule has 0 unspecified atom stereocenters. The van der Waals surface area contributed by atoms with E-state index < -0.39 is 4.92 Å². The molecule has 0 aliphatic rings. The van der Waals surface area contributed by atoms with Crippen LogP contribution in [0.1, 0.15) is 4.88 Å². The van der Waals surface area contributed by atoms with Crippen LogP contribution in [0.2, 0.25) is 10.0 Å². The summed E-state index contributed by atoms with van der Waals surface area (Å²) in [5, 5.41) is 20.9. The van der Waals surface area contributed by atoms with Gasteiger partial charge in [-0.2, -0.15) is 0 Å². The summed E-state index contributed by atoms with van der Waals surface area (Å²) >= 11 is 14.4. The number of benzene rings is 1. The van der Waals surface area contributed by atoms with Crippen LogP contribution in [-0.2, 0) is 6.42 Å². The number of aliphatic hydroxyl groups excluding tert-OH is 1. The average molecular weight is 350 g/mol. The zero-order chi connectivity index (χ0) is 14.7. The van der Waals surface area contributed by atoms with Crippen LogP contribution in [0.5, 0.6) is 0 Å². The van der Waals surface area contributed by atoms with Gasteiger partial charge in [0.2, 0.25) is 0 Å². The van der Waals surface area contributed by atoms with Gasteiger partial charge in [-0.3, -0.25) is 10.1 Å². The first-order valence-corrected chi connectivity index (χ1v) is 7.91. The molecule has 1 aromatic carbocycles. The summed E-state index contributed by atoms with van der Waals surface area (Å²) in [6.07, 6.45) is 0.403. The van der Waals surface area contributed by atoms with Crippen molar-refractivity contribution in [2.45, 2.75) is 15.5 Å². The van der Waals surface area contributed by atoms with Crippen LogP contribution in [0.3, 0.4) is 0 Å². The molecule has 2 rings (SSSR count). The Hall–Kier alpha value is -0.790. The van der Waals surface area contributed by atoms with E-state index in [1.54, 1.807) is 18.2 Å². The third-order valence-electron chi connectivity index (χ3n) is 2.38. The molecule has 0 radical (unpaired) electrons. The van der Waals surface area contributed by atoms with Gasteiger partial charge in [0.15, 0.2) is 0 Å². The summed E-state index contributed by atoms with van der Waals surface area (Å²) in [7, 11) is 0. The van der Waals surface area contributed by atoms with E-state index >= 15 is 0 Å². The van der Waals surface area contributed by atoms with E-state index in [1.807, 2.05) is 0 Å². The molecule has 4 nitrogen and oxygen atoms in total. The lowest BCUT2D eigenvalue weighted by molar-refractivity contribution is -0.387. The van der Waals surface area contributed by atoms with Gasteiger partial charge in [0, 0.05) is 33.9 Å². The van der Waals surface area contributed by atoms with Crippen LogP contribution in [-0.4, -0.2) is 16.6 Å². The molecule has 0 bridgehead atoms. The molecule has 2 aromatic rings. The third-order valence-corrected chi connectivity index (χ3v) is 5.49. The number of hydrogen-bond donors (Lipinski definition) is 1. The van der Waals surface area contributed by atoms with E-state index in [4.69, 9.17) is 28.3 Å². The molecule has 1 N–H and O–H groups in total. The minimum atomic E-state index is -0.427. The normalized spacial score (nSPS) is 10.8. The fourth-order valence-electron chi connectivity index (χ4n) is 1.50. The highest BCUT2D eigenvalue weighted by Gasteiger charge is 2.20. The molecule has 0 spiro atoms. The zero-order valence-electron chi connectivity index (χ0n) is 10.0. The second-order valence-electron chi connectivity index (χ2n) is 3.79. The van der Waals surface area contributed by atoms with Crippen LogP contribution in [0, 0.1) is 10.1 Å². The quantitative estimate of drug-likeness (QED) is 0.630. The molecular weight excluding hydrogens is 341 g/mol. The lowest BCUT2D eigenvalue weighted by Gasteiger charge is -2.02. The summed E-state index contributed by atoms with van der Waals surface area (Å²) in [5.41, 5.74) is 0.0365. The summed E-state index contributed by atoms with van der Waals surface area (Å²) in [6, 6.07) is 6.50. The molecule has 0 aliphatic heterocycles. The van der Waals surface area contributed by atoms with Crippen LogP contribution >= 0.6 is 46.3 Å². The highest BCUT2D eigenvalue weighted by atomic mass is 35.5. The molecule has 0 amide bonds. The highest BCUT2D eigenvalue weighted by molar-refractivity contribution is 8.01. The van der Waals surface area contributed by atoms with Gasteiger partial charge in [-0.15, -0.1) is 11.3 Å². The predicted molar refractivity (Wildman–Crippen MR) is 82.3 cm³/mol. The largest absolute Gasteiger partial charge is 0.396 e. The molecule has 0 atom stereocenters. The van der Waals surface area contributed by atoms with Crippen LogP contribution < -0.4 is 0 Å². The van der Waals surface area contributed by atoms with Crippen LogP contribution in [0.4, 0.5) is 5.69 Å². The fraction of sp³-hybridized carbons (Fsp3) is 0.167. The van der Waals surface area contributed by atoms with Gasteiger partial charge in [-0.25, -0.2) is 0 Å². The van der Waals surface area contributed by atoms with E-state index in [1.165, 1.54) is 29.2 Å². The van der Waals surface area contributed by atoms with E-state index in [0.717, 1.165) is 4.88 Å². The number of rotatable bonds is 5. The number of nitro groups is 1. The zero-order valence-corrected chi connectivity index (χ0v) is 13.2. The Balaban J connectivity index is 2.34. The molecule has 0 saturated carbocycles. The summed E-state index contributed by atoms with van der Waals surface area (Å²) < 4.78 is 0.544. The van der Waals surface area contributed by atoms with Gasteiger partial charge in [0.25, 0.3) is 5.69 Å². The maximum Gasteiger partial charge on any atom is 0.294 e. The Labute approximate surface area is 133 Å². The molecule has 20 heavy (non-hydrogen) atoms. The van der Waals surface area contributed by atoms with Crippen molar-refractivity contribution in [2.24, 2.45) is 0 Å². The van der Waals surface area contributed by atoms with Gasteiger partial charge in [0.1, 0.15) is 4.21 Å². The van der Waals surface area contributed by atoms with Gasteiger partial charge in [0.05, 0.1) is 9.95 Å². The Bertz CT molecular complexity index is 646. The van der Waals surface area contributed by atoms with Gasteiger partial charge in [-0.1, -0.05) is 35.0 Å². The molecule has 106 valence electrons. The molecular formula is C12H9Cl2NO3S2. The smallest absolute Gasteiger partial charge is 0.294 e. The van der Waals surface area contributed by atoms with Crippen molar-refractivity contribution < 1.29 is 10.0 Å². The van der Waals surface area contributed by atoms with Crippen molar-refractivity contribution in [3.63, 3.8) is 0 Å². The first kappa shape index (κ1) is 15.6.